The molecule has 11 atom stereocenters. The lowest BCUT2D eigenvalue weighted by molar-refractivity contribution is -0.148. The predicted molar refractivity (Wildman–Crippen MR) is 307 cm³/mol. The number of benzene rings is 2. The Bertz CT molecular complexity index is 2510. The van der Waals surface area contributed by atoms with Gasteiger partial charge >= 0.3 is 6.03 Å². The van der Waals surface area contributed by atoms with Crippen molar-refractivity contribution in [3.8, 4) is 0 Å². The zero-order chi connectivity index (χ0) is 62.5. The lowest BCUT2D eigenvalue weighted by atomic mass is 10.00. The zero-order valence-electron chi connectivity index (χ0n) is 48.0. The maximum absolute atomic E-state index is 14.5. The summed E-state index contributed by atoms with van der Waals surface area (Å²) in [7, 11) is 0. The molecule has 1 heterocycles. The topological polar surface area (TPSA) is 503 Å². The molecule has 1 saturated heterocycles. The van der Waals surface area contributed by atoms with Crippen molar-refractivity contribution in [2.24, 2.45) is 34.6 Å². The smallest absolute Gasteiger partial charge is 0.315 e. The molecule has 2 aromatic rings. The Morgan fingerprint density at radius 1 is 0.583 bits per heavy atom. The molecule has 0 saturated carbocycles. The van der Waals surface area contributed by atoms with Crippen molar-refractivity contribution in [3.63, 3.8) is 0 Å². The number of urea groups is 1. The summed E-state index contributed by atoms with van der Waals surface area (Å²) in [6, 6.07) is 3.23. The number of carbonyl (C=O) groups excluding carboxylic acids is 11. The van der Waals surface area contributed by atoms with Crippen molar-refractivity contribution in [2.45, 2.75) is 152 Å². The van der Waals surface area contributed by atoms with Crippen LogP contribution in [0.15, 0.2) is 60.7 Å². The molecule has 1 aliphatic rings. The third-order valence-corrected chi connectivity index (χ3v) is 13.2. The Labute approximate surface area is 487 Å². The van der Waals surface area contributed by atoms with E-state index in [0.717, 1.165) is 12.5 Å². The Morgan fingerprint density at radius 2 is 1.05 bits per heavy atom. The molecule has 1 fully saturated rings. The van der Waals surface area contributed by atoms with Crippen molar-refractivity contribution < 1.29 is 63.0 Å². The van der Waals surface area contributed by atoms with E-state index in [9.17, 15) is 63.0 Å². The SMILES string of the molecule is CC(C)C[C@@H]1NC(=O)[C@@H](Cc2ccccc2)NC(=O)[C@H](CCN)NC(=O)[C@@H](NC(=O)[C@H](CCN)NC(=O)[C@@H](NC(=O)[C@H](CCN)NC(=O)NCc2ccccc2)[C@@H](C)O)CCNC(=O)[C@](C)(O)NC(=O)[C@H](CCN)NC(=O)[C@H](CCN)NC1=O. The predicted octanol–water partition coefficient (Wildman–Crippen LogP) is -6.51. The highest BCUT2D eigenvalue weighted by Crippen LogP contribution is 2.12. The van der Waals surface area contributed by atoms with Crippen LogP contribution >= 0.6 is 0 Å². The van der Waals surface area contributed by atoms with Gasteiger partial charge in [-0.15, -0.1) is 0 Å². The van der Waals surface area contributed by atoms with Gasteiger partial charge in [-0.25, -0.2) is 4.79 Å². The maximum atomic E-state index is 14.5. The van der Waals surface area contributed by atoms with Gasteiger partial charge in [0.2, 0.25) is 58.9 Å². The van der Waals surface area contributed by atoms with Crippen LogP contribution in [0.25, 0.3) is 0 Å². The lowest BCUT2D eigenvalue weighted by Crippen LogP contribution is -2.63. The number of hydrogen-bond donors (Lipinski definition) is 19. The second-order valence-corrected chi connectivity index (χ2v) is 20.8. The van der Waals surface area contributed by atoms with Crippen LogP contribution in [0.4, 0.5) is 4.79 Å². The number of carbonyl (C=O) groups is 11. The van der Waals surface area contributed by atoms with Crippen molar-refractivity contribution in [1.82, 2.24) is 63.8 Å². The first kappa shape index (κ1) is 70.4. The number of amides is 12. The van der Waals surface area contributed by atoms with Crippen molar-refractivity contribution in [2.75, 3.05) is 39.3 Å². The molecule has 3 rings (SSSR count). The molecule has 12 amide bonds. The van der Waals surface area contributed by atoms with Crippen molar-refractivity contribution in [1.29, 1.82) is 0 Å². The minimum Gasteiger partial charge on any atom is -0.391 e. The summed E-state index contributed by atoms with van der Waals surface area (Å²) in [5.74, 6) is -10.2. The first-order valence-electron chi connectivity index (χ1n) is 27.9. The van der Waals surface area contributed by atoms with E-state index in [1.165, 1.54) is 6.92 Å². The van der Waals surface area contributed by atoms with Crippen molar-refractivity contribution >= 4 is 65.1 Å². The third kappa shape index (κ3) is 23.8. The van der Waals surface area contributed by atoms with Crippen LogP contribution in [0, 0.1) is 5.92 Å². The molecule has 0 spiro atoms. The second-order valence-electron chi connectivity index (χ2n) is 20.8. The van der Waals surface area contributed by atoms with E-state index in [-0.39, 0.29) is 90.1 Å². The van der Waals surface area contributed by atoms with Crippen LogP contribution in [0.2, 0.25) is 0 Å². The standard InChI is InChI=1S/C54H87N17O13/c1-30(2)27-40-48(78)63-34(15-21-55)43(73)64-38(19-25-59)50(80)71-54(4,84)52(82)60-26-20-39(46(76)62-35(16-22-56)45(75)68-41(49(79)67-40)28-32-11-7-5-8-12-32)65-44(74)36(17-23-57)66-51(81)42(31(3)72)70-47(77)37(18-24-58)69-53(83)61-29-33-13-9-6-10-14-33/h5-14,30-31,34-42,72,84H,15-29,55-59H2,1-4H3,(H,60,82)(H,62,76)(H,63,78)(H,64,73)(H,65,74)(H,66,81)(H,67,79)(H,68,75)(H,70,77)(H,71,80)(H2,61,69,83)/t31-,34+,35+,36+,37+,38+,39+,40+,41-,42+,54+/m1/s1. The van der Waals surface area contributed by atoms with E-state index in [4.69, 9.17) is 28.7 Å². The Kier molecular flexibility index (Phi) is 30.1. The number of rotatable bonds is 24. The van der Waals surface area contributed by atoms with Gasteiger partial charge < -0.3 is 103 Å². The number of aliphatic hydroxyl groups is 2. The van der Waals surface area contributed by atoms with Gasteiger partial charge in [-0.2, -0.15) is 0 Å². The lowest BCUT2D eigenvalue weighted by Gasteiger charge is -2.29. The summed E-state index contributed by atoms with van der Waals surface area (Å²) in [6.45, 7) is 4.39. The molecule has 0 aromatic heterocycles. The fourth-order valence-electron chi connectivity index (χ4n) is 8.64. The summed E-state index contributed by atoms with van der Waals surface area (Å²) < 4.78 is 0. The van der Waals surface area contributed by atoms with Crippen LogP contribution < -0.4 is 92.5 Å². The number of nitrogens with two attached hydrogens (primary N) is 5. The van der Waals surface area contributed by atoms with E-state index in [2.05, 4.69) is 63.8 Å². The van der Waals surface area contributed by atoms with E-state index in [1.54, 1.807) is 74.5 Å². The molecular weight excluding hydrogens is 1090 g/mol. The minimum absolute atomic E-state index is 0.0349. The monoisotopic (exact) mass is 1180 g/mol. The highest BCUT2D eigenvalue weighted by molar-refractivity contribution is 5.99. The van der Waals surface area contributed by atoms with Crippen LogP contribution in [-0.4, -0.2) is 181 Å². The van der Waals surface area contributed by atoms with E-state index in [1.807, 2.05) is 0 Å². The first-order valence-corrected chi connectivity index (χ1v) is 27.9. The van der Waals surface area contributed by atoms with Gasteiger partial charge in [0.15, 0.2) is 0 Å². The summed E-state index contributed by atoms with van der Waals surface area (Å²) in [6.07, 6.45) is -3.20. The molecular formula is C54H87N17O13. The van der Waals surface area contributed by atoms with E-state index < -0.39 is 144 Å². The summed E-state index contributed by atoms with van der Waals surface area (Å²) >= 11 is 0. The second kappa shape index (κ2) is 36.0. The van der Waals surface area contributed by atoms with E-state index >= 15 is 0 Å². The third-order valence-electron chi connectivity index (χ3n) is 13.2. The molecule has 84 heavy (non-hydrogen) atoms. The van der Waals surface area contributed by atoms with Crippen LogP contribution in [0.1, 0.15) is 83.8 Å². The Morgan fingerprint density at radius 3 is 1.56 bits per heavy atom. The van der Waals surface area contributed by atoms with Crippen LogP contribution in [0.5, 0.6) is 0 Å². The van der Waals surface area contributed by atoms with Gasteiger partial charge in [0, 0.05) is 19.5 Å². The van der Waals surface area contributed by atoms with E-state index in [0.29, 0.717) is 5.56 Å². The Hall–Kier alpha value is -7.87. The van der Waals surface area contributed by atoms with Crippen LogP contribution in [0.3, 0.4) is 0 Å². The average molecular weight is 1180 g/mol. The fourth-order valence-corrected chi connectivity index (χ4v) is 8.64. The number of aliphatic hydroxyl groups excluding tert-OH is 1. The number of nitrogens with one attached hydrogen (secondary N) is 12. The normalized spacial score (nSPS) is 23.0. The molecule has 2 aromatic carbocycles. The highest BCUT2D eigenvalue weighted by Gasteiger charge is 2.39. The van der Waals surface area contributed by atoms with Gasteiger partial charge in [0.1, 0.15) is 54.4 Å². The largest absolute Gasteiger partial charge is 0.391 e. The quantitative estimate of drug-likeness (QED) is 0.0465. The molecule has 0 bridgehead atoms. The molecule has 30 nitrogen and oxygen atoms in total. The summed E-state index contributed by atoms with van der Waals surface area (Å²) in [4.78, 5) is 153. The highest BCUT2D eigenvalue weighted by atomic mass is 16.3. The Balaban J connectivity index is 2.05. The van der Waals surface area contributed by atoms with Gasteiger partial charge in [-0.05, 0) is 109 Å². The van der Waals surface area contributed by atoms with Crippen molar-refractivity contribution in [3.05, 3.63) is 71.8 Å². The summed E-state index contributed by atoms with van der Waals surface area (Å²) in [5.41, 5.74) is 27.8. The van der Waals surface area contributed by atoms with Gasteiger partial charge in [-0.1, -0.05) is 74.5 Å². The zero-order valence-corrected chi connectivity index (χ0v) is 48.0. The molecule has 0 unspecified atom stereocenters. The molecule has 24 N–H and O–H groups in total. The number of hydrogen-bond acceptors (Lipinski definition) is 18. The molecule has 0 aliphatic carbocycles. The van der Waals surface area contributed by atoms with Gasteiger partial charge in [0.25, 0.3) is 5.91 Å². The molecule has 466 valence electrons. The van der Waals surface area contributed by atoms with Gasteiger partial charge in [-0.3, -0.25) is 47.9 Å². The fraction of sp³-hybridized carbons (Fsp3) is 0.574. The summed E-state index contributed by atoms with van der Waals surface area (Å²) in [5, 5.41) is 52.0. The van der Waals surface area contributed by atoms with Crippen LogP contribution in [-0.2, 0) is 60.9 Å². The average Bonchev–Trinajstić information content (AvgIpc) is 3.66. The molecule has 0 radical (unpaired) electrons. The molecule has 1 aliphatic heterocycles. The molecule has 30 heteroatoms. The van der Waals surface area contributed by atoms with Gasteiger partial charge in [0.05, 0.1) is 6.10 Å². The maximum Gasteiger partial charge on any atom is 0.315 e. The minimum atomic E-state index is -2.71. The first-order chi connectivity index (χ1) is 39.9.